The van der Waals surface area contributed by atoms with Gasteiger partial charge in [0.2, 0.25) is 0 Å². The van der Waals surface area contributed by atoms with Crippen molar-refractivity contribution in [2.75, 3.05) is 5.33 Å². The maximum Gasteiger partial charge on any atom is 0.446 e. The summed E-state index contributed by atoms with van der Waals surface area (Å²) in [5.41, 5.74) is -5.45. The number of hydrogen-bond acceptors (Lipinski definition) is 2. The lowest BCUT2D eigenvalue weighted by molar-refractivity contribution is -0.115. The molecule has 0 aliphatic heterocycles. The lowest BCUT2D eigenvalue weighted by Crippen LogP contribution is -2.08. The second kappa shape index (κ2) is 6.69. The summed E-state index contributed by atoms with van der Waals surface area (Å²) < 4.78 is 62.7. The zero-order chi connectivity index (χ0) is 14.6. The molecule has 0 aliphatic carbocycles. The van der Waals surface area contributed by atoms with Crippen LogP contribution in [0.15, 0.2) is 23.1 Å². The van der Waals surface area contributed by atoms with E-state index >= 15 is 0 Å². The summed E-state index contributed by atoms with van der Waals surface area (Å²) in [4.78, 5) is 10.7. The van der Waals surface area contributed by atoms with E-state index in [-0.39, 0.29) is 23.1 Å². The Bertz CT molecular complexity index is 461. The fourth-order valence-corrected chi connectivity index (χ4v) is 2.39. The van der Waals surface area contributed by atoms with Crippen LogP contribution in [-0.2, 0) is 11.2 Å². The Morgan fingerprint density at radius 2 is 1.95 bits per heavy atom. The molecule has 19 heavy (non-hydrogen) atoms. The first kappa shape index (κ1) is 16.4. The van der Waals surface area contributed by atoms with Gasteiger partial charge in [-0.3, -0.25) is 4.79 Å². The van der Waals surface area contributed by atoms with Crippen LogP contribution in [0.4, 0.5) is 22.0 Å². The molecule has 1 aromatic carbocycles. The topological polar surface area (TPSA) is 17.1 Å². The van der Waals surface area contributed by atoms with Gasteiger partial charge in [-0.2, -0.15) is 13.2 Å². The molecule has 0 radical (unpaired) electrons. The van der Waals surface area contributed by atoms with Crippen LogP contribution in [0, 0.1) is 0 Å². The average molecular weight is 363 g/mol. The van der Waals surface area contributed by atoms with Crippen molar-refractivity contribution in [1.82, 2.24) is 0 Å². The van der Waals surface area contributed by atoms with Crippen molar-refractivity contribution in [2.24, 2.45) is 0 Å². The third-order valence-electron chi connectivity index (χ3n) is 2.14. The first-order chi connectivity index (χ1) is 8.74. The van der Waals surface area contributed by atoms with Crippen molar-refractivity contribution in [2.45, 2.75) is 23.3 Å². The second-order valence-corrected chi connectivity index (χ2v) is 5.19. The zero-order valence-corrected chi connectivity index (χ0v) is 11.7. The van der Waals surface area contributed by atoms with E-state index in [0.29, 0.717) is 0 Å². The molecule has 8 heteroatoms. The molecule has 0 saturated carbocycles. The number of carbonyl (C=O) groups is 1. The minimum absolute atomic E-state index is 0.0354. The SMILES string of the molecule is O=C(CBr)Cc1cccc(SC(F)(F)F)c1C(F)F. The van der Waals surface area contributed by atoms with Crippen molar-refractivity contribution in [1.29, 1.82) is 0 Å². The van der Waals surface area contributed by atoms with Gasteiger partial charge >= 0.3 is 5.51 Å². The van der Waals surface area contributed by atoms with Crippen molar-refractivity contribution in [3.05, 3.63) is 29.3 Å². The molecule has 0 saturated heterocycles. The van der Waals surface area contributed by atoms with E-state index in [4.69, 9.17) is 0 Å². The van der Waals surface area contributed by atoms with Crippen LogP contribution in [0.3, 0.4) is 0 Å². The van der Waals surface area contributed by atoms with E-state index in [1.54, 1.807) is 0 Å². The van der Waals surface area contributed by atoms with Gasteiger partial charge in [-0.25, -0.2) is 8.78 Å². The van der Waals surface area contributed by atoms with Crippen LogP contribution < -0.4 is 0 Å². The Kier molecular flexibility index (Phi) is 5.79. The molecule has 0 fully saturated rings. The number of thioether (sulfide) groups is 1. The number of Topliss-reactive ketones (excluding diaryl/α,β-unsaturated/α-hetero) is 1. The summed E-state index contributed by atoms with van der Waals surface area (Å²) in [6.07, 6.45) is -3.39. The van der Waals surface area contributed by atoms with Gasteiger partial charge in [0.15, 0.2) is 0 Å². The molecule has 0 unspecified atom stereocenters. The zero-order valence-electron chi connectivity index (χ0n) is 9.31. The molecule has 0 heterocycles. The van der Waals surface area contributed by atoms with Gasteiger partial charge in [0.1, 0.15) is 5.78 Å². The van der Waals surface area contributed by atoms with E-state index in [1.165, 1.54) is 12.1 Å². The minimum Gasteiger partial charge on any atom is -0.298 e. The highest BCUT2D eigenvalue weighted by molar-refractivity contribution is 9.09. The predicted molar refractivity (Wildman–Crippen MR) is 65.8 cm³/mol. The molecule has 0 spiro atoms. The fourth-order valence-electron chi connectivity index (χ4n) is 1.46. The lowest BCUT2D eigenvalue weighted by atomic mass is 10.0. The summed E-state index contributed by atoms with van der Waals surface area (Å²) in [5.74, 6) is -0.379. The number of ketones is 1. The summed E-state index contributed by atoms with van der Waals surface area (Å²) >= 11 is 2.28. The van der Waals surface area contributed by atoms with Crippen LogP contribution in [-0.4, -0.2) is 16.6 Å². The summed E-state index contributed by atoms with van der Waals surface area (Å²) in [7, 11) is 0. The number of benzene rings is 1. The van der Waals surface area contributed by atoms with Crippen LogP contribution >= 0.6 is 27.7 Å². The average Bonchev–Trinajstić information content (AvgIpc) is 2.26. The molecule has 0 amide bonds. The third-order valence-corrected chi connectivity index (χ3v) is 3.57. The van der Waals surface area contributed by atoms with E-state index in [0.717, 1.165) is 6.07 Å². The third kappa shape index (κ3) is 5.10. The first-order valence-electron chi connectivity index (χ1n) is 4.98. The van der Waals surface area contributed by atoms with Crippen molar-refractivity contribution in [3.8, 4) is 0 Å². The van der Waals surface area contributed by atoms with Gasteiger partial charge in [0.05, 0.1) is 5.33 Å². The van der Waals surface area contributed by atoms with Crippen LogP contribution in [0.1, 0.15) is 17.6 Å². The van der Waals surface area contributed by atoms with Gasteiger partial charge in [-0.05, 0) is 23.4 Å². The van der Waals surface area contributed by atoms with Crippen molar-refractivity contribution < 1.29 is 26.7 Å². The Balaban J connectivity index is 3.18. The number of alkyl halides is 6. The Labute approximate surface area is 118 Å². The lowest BCUT2D eigenvalue weighted by Gasteiger charge is -2.14. The highest BCUT2D eigenvalue weighted by atomic mass is 79.9. The molecule has 0 atom stereocenters. The van der Waals surface area contributed by atoms with Gasteiger partial charge in [0, 0.05) is 16.9 Å². The van der Waals surface area contributed by atoms with Crippen LogP contribution in [0.5, 0.6) is 0 Å². The molecular weight excluding hydrogens is 355 g/mol. The Morgan fingerprint density at radius 3 is 2.42 bits per heavy atom. The minimum atomic E-state index is -4.65. The number of hydrogen-bond donors (Lipinski definition) is 0. The van der Waals surface area contributed by atoms with Gasteiger partial charge in [0.25, 0.3) is 6.43 Å². The summed E-state index contributed by atoms with van der Waals surface area (Å²) in [6.45, 7) is 0. The van der Waals surface area contributed by atoms with E-state index in [2.05, 4.69) is 15.9 Å². The van der Waals surface area contributed by atoms with E-state index in [9.17, 15) is 26.7 Å². The monoisotopic (exact) mass is 362 g/mol. The van der Waals surface area contributed by atoms with Crippen LogP contribution in [0.2, 0.25) is 0 Å². The van der Waals surface area contributed by atoms with Crippen molar-refractivity contribution in [3.63, 3.8) is 0 Å². The molecular formula is C11H8BrF5OS. The Hall–Kier alpha value is -0.630. The number of carbonyl (C=O) groups excluding carboxylic acids is 1. The van der Waals surface area contributed by atoms with E-state index < -0.39 is 34.2 Å². The molecule has 106 valence electrons. The maximum atomic E-state index is 12.9. The molecule has 1 aromatic rings. The predicted octanol–water partition coefficient (Wildman–Crippen LogP) is 4.74. The van der Waals surface area contributed by atoms with Crippen molar-refractivity contribution >= 4 is 33.5 Å². The molecule has 0 aliphatic rings. The molecule has 1 nitrogen and oxygen atoms in total. The van der Waals surface area contributed by atoms with Gasteiger partial charge in [-0.15, -0.1) is 0 Å². The summed E-state index contributed by atoms with van der Waals surface area (Å²) in [5, 5.41) is -0.0354. The standard InChI is InChI=1S/C11H8BrF5OS/c12-5-7(18)4-6-2-1-3-8(9(6)10(13)14)19-11(15,16)17/h1-3,10H,4-5H2. The first-order valence-corrected chi connectivity index (χ1v) is 6.91. The highest BCUT2D eigenvalue weighted by Crippen LogP contribution is 2.42. The maximum absolute atomic E-state index is 12.9. The summed E-state index contributed by atoms with van der Waals surface area (Å²) in [6, 6.07) is 3.45. The van der Waals surface area contributed by atoms with Gasteiger partial charge in [-0.1, -0.05) is 28.1 Å². The quantitative estimate of drug-likeness (QED) is 0.427. The van der Waals surface area contributed by atoms with Gasteiger partial charge < -0.3 is 0 Å². The molecule has 0 aromatic heterocycles. The molecule has 0 N–H and O–H groups in total. The van der Waals surface area contributed by atoms with E-state index in [1.807, 2.05) is 0 Å². The molecule has 1 rings (SSSR count). The normalized spacial score (nSPS) is 11.9. The van der Waals surface area contributed by atoms with Crippen LogP contribution in [0.25, 0.3) is 0 Å². The molecule has 0 bridgehead atoms. The number of halogens is 6. The fraction of sp³-hybridized carbons (Fsp3) is 0.364. The second-order valence-electron chi connectivity index (χ2n) is 3.53. The smallest absolute Gasteiger partial charge is 0.298 e. The Morgan fingerprint density at radius 1 is 1.32 bits per heavy atom. The largest absolute Gasteiger partial charge is 0.446 e. The number of rotatable bonds is 5. The highest BCUT2D eigenvalue weighted by Gasteiger charge is 2.32.